The van der Waals surface area contributed by atoms with E-state index in [0.717, 1.165) is 27.8 Å². The van der Waals surface area contributed by atoms with Crippen LogP contribution in [0.1, 0.15) is 16.0 Å². The van der Waals surface area contributed by atoms with Crippen LogP contribution in [0, 0.1) is 30.9 Å². The van der Waals surface area contributed by atoms with Crippen LogP contribution in [-0.2, 0) is 4.79 Å². The number of carbonyl (C=O) groups excluding carboxylic acids is 1. The van der Waals surface area contributed by atoms with Gasteiger partial charge in [0.15, 0.2) is 5.16 Å². The number of hydrogen-bond acceptors (Lipinski definition) is 7. The lowest BCUT2D eigenvalue weighted by Crippen LogP contribution is -2.23. The van der Waals surface area contributed by atoms with Crippen molar-refractivity contribution in [3.05, 3.63) is 85.0 Å². The van der Waals surface area contributed by atoms with Crippen LogP contribution in [0.25, 0.3) is 15.9 Å². The van der Waals surface area contributed by atoms with E-state index in [9.17, 15) is 19.7 Å². The van der Waals surface area contributed by atoms with Crippen LogP contribution < -0.4 is 10.9 Å². The predicted molar refractivity (Wildman–Crippen MR) is 132 cm³/mol. The average molecular weight is 481 g/mol. The van der Waals surface area contributed by atoms with E-state index in [-0.39, 0.29) is 22.7 Å². The molecule has 0 atom stereocenters. The fraction of sp³-hybridized carbons (Fsp3) is 0.174. The third kappa shape index (κ3) is 4.53. The molecule has 0 radical (unpaired) electrons. The summed E-state index contributed by atoms with van der Waals surface area (Å²) < 4.78 is 1.52. The average Bonchev–Trinajstić information content (AvgIpc) is 3.07. The van der Waals surface area contributed by atoms with Gasteiger partial charge in [0.2, 0.25) is 5.91 Å². The van der Waals surface area contributed by atoms with Crippen molar-refractivity contribution >= 4 is 50.6 Å². The minimum Gasteiger partial charge on any atom is -0.320 e. The molecule has 10 heteroatoms. The van der Waals surface area contributed by atoms with Crippen LogP contribution in [0.15, 0.2) is 58.5 Å². The largest absolute Gasteiger partial charge is 0.320 e. The Balaban J connectivity index is 1.69. The van der Waals surface area contributed by atoms with E-state index in [0.29, 0.717) is 21.1 Å². The van der Waals surface area contributed by atoms with Gasteiger partial charge >= 0.3 is 0 Å². The Morgan fingerprint density at radius 1 is 1.15 bits per heavy atom. The van der Waals surface area contributed by atoms with Gasteiger partial charge in [-0.25, -0.2) is 4.98 Å². The number of fused-ring (bicyclic) bond motifs is 1. The first kappa shape index (κ1) is 22.7. The molecule has 0 saturated heterocycles. The van der Waals surface area contributed by atoms with Gasteiger partial charge in [0.25, 0.3) is 11.2 Å². The number of nitrogens with zero attached hydrogens (tertiary/aromatic N) is 3. The summed E-state index contributed by atoms with van der Waals surface area (Å²) in [6.45, 7) is 5.82. The van der Waals surface area contributed by atoms with Gasteiger partial charge in [-0.1, -0.05) is 41.6 Å². The fourth-order valence-electron chi connectivity index (χ4n) is 3.35. The standard InChI is InChI=1S/C23H20N4O4S2/c1-13-8-10-16(11-9-13)26-22(29)20-14(2)15(3)33-21(20)25-23(26)32-12-19(28)24-17-6-4-5-7-18(17)27(30)31/h4-11H,12H2,1-3H3,(H,24,28). The Morgan fingerprint density at radius 2 is 1.85 bits per heavy atom. The molecule has 0 saturated carbocycles. The number of aromatic nitrogens is 2. The van der Waals surface area contributed by atoms with Crippen molar-refractivity contribution in [2.45, 2.75) is 25.9 Å². The third-order valence-corrected chi connectivity index (χ3v) is 7.21. The summed E-state index contributed by atoms with van der Waals surface area (Å²) in [5.41, 5.74) is 2.37. The molecule has 2 aromatic carbocycles. The van der Waals surface area contributed by atoms with Gasteiger partial charge in [0.1, 0.15) is 10.5 Å². The highest BCUT2D eigenvalue weighted by molar-refractivity contribution is 7.99. The zero-order valence-corrected chi connectivity index (χ0v) is 19.8. The molecular formula is C23H20N4O4S2. The Morgan fingerprint density at radius 3 is 2.55 bits per heavy atom. The SMILES string of the molecule is Cc1ccc(-n2c(SCC(=O)Nc3ccccc3[N+](=O)[O-])nc3sc(C)c(C)c3c2=O)cc1. The number of thiophene rings is 1. The van der Waals surface area contributed by atoms with E-state index in [2.05, 4.69) is 5.32 Å². The maximum absolute atomic E-state index is 13.5. The van der Waals surface area contributed by atoms with Crippen LogP contribution in [0.5, 0.6) is 0 Å². The van der Waals surface area contributed by atoms with E-state index in [4.69, 9.17) is 4.98 Å². The number of aryl methyl sites for hydroxylation is 3. The number of amides is 1. The second kappa shape index (κ2) is 9.16. The molecule has 33 heavy (non-hydrogen) atoms. The predicted octanol–water partition coefficient (Wildman–Crippen LogP) is 5.01. The first-order valence-corrected chi connectivity index (χ1v) is 11.8. The number of para-hydroxylation sites is 2. The normalized spacial score (nSPS) is 11.0. The molecule has 0 unspecified atom stereocenters. The van der Waals surface area contributed by atoms with Crippen molar-refractivity contribution in [2.75, 3.05) is 11.1 Å². The van der Waals surface area contributed by atoms with Gasteiger partial charge in [-0.3, -0.25) is 24.3 Å². The minimum atomic E-state index is -0.547. The summed E-state index contributed by atoms with van der Waals surface area (Å²) in [4.78, 5) is 43.0. The van der Waals surface area contributed by atoms with Crippen LogP contribution >= 0.6 is 23.1 Å². The number of nitro benzene ring substituents is 1. The van der Waals surface area contributed by atoms with Crippen LogP contribution in [0.3, 0.4) is 0 Å². The Kier molecular flexibility index (Phi) is 6.30. The van der Waals surface area contributed by atoms with Crippen molar-refractivity contribution in [3.63, 3.8) is 0 Å². The van der Waals surface area contributed by atoms with E-state index in [1.807, 2.05) is 45.0 Å². The summed E-state index contributed by atoms with van der Waals surface area (Å²) in [6, 6.07) is 13.5. The lowest BCUT2D eigenvalue weighted by atomic mass is 10.2. The fourth-order valence-corrected chi connectivity index (χ4v) is 5.23. The van der Waals surface area contributed by atoms with E-state index < -0.39 is 10.8 Å². The molecule has 0 aliphatic carbocycles. The summed E-state index contributed by atoms with van der Waals surface area (Å²) >= 11 is 2.55. The summed E-state index contributed by atoms with van der Waals surface area (Å²) in [6.07, 6.45) is 0. The monoisotopic (exact) mass is 480 g/mol. The van der Waals surface area contributed by atoms with Gasteiger partial charge in [0.05, 0.1) is 21.7 Å². The van der Waals surface area contributed by atoms with Gasteiger partial charge in [-0.2, -0.15) is 0 Å². The van der Waals surface area contributed by atoms with Crippen molar-refractivity contribution in [1.82, 2.24) is 9.55 Å². The minimum absolute atomic E-state index is 0.0702. The number of hydrogen-bond donors (Lipinski definition) is 1. The first-order chi connectivity index (χ1) is 15.8. The zero-order chi connectivity index (χ0) is 23.7. The molecule has 0 aliphatic heterocycles. The molecule has 0 bridgehead atoms. The first-order valence-electron chi connectivity index (χ1n) is 10.0. The number of anilines is 1. The topological polar surface area (TPSA) is 107 Å². The number of carbonyl (C=O) groups is 1. The maximum atomic E-state index is 13.5. The molecule has 1 amide bonds. The van der Waals surface area contributed by atoms with Crippen LogP contribution in [0.4, 0.5) is 11.4 Å². The quantitative estimate of drug-likeness (QED) is 0.180. The lowest BCUT2D eigenvalue weighted by Gasteiger charge is -2.13. The summed E-state index contributed by atoms with van der Waals surface area (Å²) in [5.74, 6) is -0.503. The molecule has 4 rings (SSSR count). The van der Waals surface area contributed by atoms with Gasteiger partial charge in [0, 0.05) is 10.9 Å². The van der Waals surface area contributed by atoms with Crippen molar-refractivity contribution < 1.29 is 9.72 Å². The Bertz CT molecular complexity index is 1440. The number of nitrogens with one attached hydrogen (secondary N) is 1. The van der Waals surface area contributed by atoms with Crippen molar-refractivity contribution in [2.24, 2.45) is 0 Å². The Hall–Kier alpha value is -3.50. The molecule has 2 heterocycles. The highest BCUT2D eigenvalue weighted by Crippen LogP contribution is 2.30. The van der Waals surface area contributed by atoms with Crippen molar-refractivity contribution in [1.29, 1.82) is 0 Å². The molecular weight excluding hydrogens is 460 g/mol. The van der Waals surface area contributed by atoms with Crippen LogP contribution in [0.2, 0.25) is 0 Å². The molecule has 2 aromatic heterocycles. The smallest absolute Gasteiger partial charge is 0.292 e. The third-order valence-electron chi connectivity index (χ3n) is 5.17. The highest BCUT2D eigenvalue weighted by Gasteiger charge is 2.20. The number of thioether (sulfide) groups is 1. The highest BCUT2D eigenvalue weighted by atomic mass is 32.2. The molecule has 0 aliphatic rings. The van der Waals surface area contributed by atoms with Gasteiger partial charge in [-0.05, 0) is 44.5 Å². The van der Waals surface area contributed by atoms with Gasteiger partial charge < -0.3 is 5.32 Å². The molecule has 8 nitrogen and oxygen atoms in total. The second-order valence-corrected chi connectivity index (χ2v) is 9.59. The number of nitro groups is 1. The Labute approximate surface area is 197 Å². The van der Waals surface area contributed by atoms with E-state index in [1.165, 1.54) is 34.1 Å². The van der Waals surface area contributed by atoms with Crippen LogP contribution in [-0.4, -0.2) is 26.1 Å². The van der Waals surface area contributed by atoms with Gasteiger partial charge in [-0.15, -0.1) is 11.3 Å². The summed E-state index contributed by atoms with van der Waals surface area (Å²) in [7, 11) is 0. The zero-order valence-electron chi connectivity index (χ0n) is 18.1. The maximum Gasteiger partial charge on any atom is 0.292 e. The van der Waals surface area contributed by atoms with E-state index >= 15 is 0 Å². The van der Waals surface area contributed by atoms with Crippen molar-refractivity contribution in [3.8, 4) is 5.69 Å². The number of rotatable bonds is 6. The molecule has 1 N–H and O–H groups in total. The molecule has 0 fully saturated rings. The van der Waals surface area contributed by atoms with E-state index in [1.54, 1.807) is 6.07 Å². The number of benzene rings is 2. The lowest BCUT2D eigenvalue weighted by molar-refractivity contribution is -0.383. The second-order valence-electron chi connectivity index (χ2n) is 7.45. The molecule has 168 valence electrons. The molecule has 0 spiro atoms. The summed E-state index contributed by atoms with van der Waals surface area (Å²) in [5, 5.41) is 14.7. The molecule has 4 aromatic rings.